The highest BCUT2D eigenvalue weighted by atomic mass is 32.2. The lowest BCUT2D eigenvalue weighted by Crippen LogP contribution is -2.55. The minimum absolute atomic E-state index is 0.0416. The van der Waals surface area contributed by atoms with Gasteiger partial charge in [0.05, 0.1) is 19.3 Å². The van der Waals surface area contributed by atoms with Gasteiger partial charge in [-0.25, -0.2) is 0 Å². The Morgan fingerprint density at radius 2 is 2.32 bits per heavy atom. The summed E-state index contributed by atoms with van der Waals surface area (Å²) in [5.74, 6) is 0.880. The second-order valence-electron chi connectivity index (χ2n) is 5.53. The van der Waals surface area contributed by atoms with Crippen molar-refractivity contribution in [3.63, 3.8) is 0 Å². The number of nitrogens with two attached hydrogens (primary N) is 1. The molecule has 1 amide bonds. The molecular weight excluding hydrogens is 262 g/mol. The van der Waals surface area contributed by atoms with Crippen LogP contribution in [0, 0.1) is 0 Å². The summed E-state index contributed by atoms with van der Waals surface area (Å²) in [5.41, 5.74) is 5.86. The number of morpholine rings is 1. The van der Waals surface area contributed by atoms with Gasteiger partial charge in [-0.05, 0) is 32.3 Å². The Morgan fingerprint density at radius 1 is 1.58 bits per heavy atom. The molecule has 0 aromatic rings. The molecule has 0 aliphatic carbocycles. The molecule has 1 aliphatic heterocycles. The average Bonchev–Trinajstić information content (AvgIpc) is 2.37. The first-order valence-electron chi connectivity index (χ1n) is 6.82. The number of nitrogens with zero attached hydrogens (tertiary/aromatic N) is 1. The van der Waals surface area contributed by atoms with Crippen LogP contribution in [0.15, 0.2) is 0 Å². The number of amides is 1. The Morgan fingerprint density at radius 3 is 2.95 bits per heavy atom. The van der Waals surface area contributed by atoms with Gasteiger partial charge in [0, 0.05) is 25.2 Å². The van der Waals surface area contributed by atoms with Crippen LogP contribution in [0.1, 0.15) is 20.3 Å². The van der Waals surface area contributed by atoms with Crippen LogP contribution in [0.4, 0.5) is 0 Å². The Labute approximate surface area is 120 Å². The maximum absolute atomic E-state index is 11.8. The summed E-state index contributed by atoms with van der Waals surface area (Å²) in [6.07, 6.45) is 2.75. The molecule has 0 radical (unpaired) electrons. The first kappa shape index (κ1) is 16.8. The smallest absolute Gasteiger partial charge is 0.236 e. The Balaban J connectivity index is 2.23. The van der Waals surface area contributed by atoms with Crippen LogP contribution in [0.25, 0.3) is 0 Å². The van der Waals surface area contributed by atoms with E-state index in [4.69, 9.17) is 10.5 Å². The maximum atomic E-state index is 11.8. The number of thioether (sulfide) groups is 1. The standard InChI is InChI=1S/C13H27N3O2S/c1-13(2)10-18-8-7-16(13)6-5-15-12(17)11(14)4-9-19-3/h11H,4-10,14H2,1-3H3,(H,15,17)/t11-/m0/s1. The van der Waals surface area contributed by atoms with E-state index >= 15 is 0 Å². The SMILES string of the molecule is CSCC[C@H](N)C(=O)NCCN1CCOCC1(C)C. The molecule has 3 N–H and O–H groups in total. The third kappa shape index (κ3) is 5.69. The third-order valence-corrected chi connectivity index (χ3v) is 4.11. The lowest BCUT2D eigenvalue weighted by atomic mass is 10.0. The monoisotopic (exact) mass is 289 g/mol. The summed E-state index contributed by atoms with van der Waals surface area (Å²) in [7, 11) is 0. The minimum Gasteiger partial charge on any atom is -0.378 e. The summed E-state index contributed by atoms with van der Waals surface area (Å²) >= 11 is 1.71. The average molecular weight is 289 g/mol. The van der Waals surface area contributed by atoms with Crippen molar-refractivity contribution in [2.45, 2.75) is 31.8 Å². The van der Waals surface area contributed by atoms with Gasteiger partial charge in [0.25, 0.3) is 0 Å². The van der Waals surface area contributed by atoms with Crippen molar-refractivity contribution in [1.29, 1.82) is 0 Å². The van der Waals surface area contributed by atoms with E-state index in [2.05, 4.69) is 24.1 Å². The van der Waals surface area contributed by atoms with Gasteiger partial charge in [-0.2, -0.15) is 11.8 Å². The highest BCUT2D eigenvalue weighted by molar-refractivity contribution is 7.98. The van der Waals surface area contributed by atoms with Gasteiger partial charge in [0.2, 0.25) is 5.91 Å². The number of rotatable bonds is 7. The van der Waals surface area contributed by atoms with E-state index in [9.17, 15) is 4.79 Å². The molecule has 0 aromatic heterocycles. The molecule has 0 aromatic carbocycles. The Kier molecular flexibility index (Phi) is 7.13. The molecule has 0 unspecified atom stereocenters. The van der Waals surface area contributed by atoms with Crippen molar-refractivity contribution in [2.75, 3.05) is 44.9 Å². The van der Waals surface area contributed by atoms with E-state index in [0.717, 1.165) is 38.5 Å². The largest absolute Gasteiger partial charge is 0.378 e. The molecule has 0 saturated carbocycles. The fourth-order valence-electron chi connectivity index (χ4n) is 2.13. The Bertz CT molecular complexity index is 287. The molecule has 1 rings (SSSR count). The van der Waals surface area contributed by atoms with Crippen molar-refractivity contribution < 1.29 is 9.53 Å². The molecule has 0 bridgehead atoms. The topological polar surface area (TPSA) is 67.6 Å². The van der Waals surface area contributed by atoms with Gasteiger partial charge >= 0.3 is 0 Å². The van der Waals surface area contributed by atoms with Crippen LogP contribution < -0.4 is 11.1 Å². The number of nitrogens with one attached hydrogen (secondary N) is 1. The lowest BCUT2D eigenvalue weighted by Gasteiger charge is -2.42. The second kappa shape index (κ2) is 8.09. The fraction of sp³-hybridized carbons (Fsp3) is 0.923. The van der Waals surface area contributed by atoms with Crippen molar-refractivity contribution in [1.82, 2.24) is 10.2 Å². The quantitative estimate of drug-likeness (QED) is 0.705. The van der Waals surface area contributed by atoms with Gasteiger partial charge < -0.3 is 15.8 Å². The molecule has 0 spiro atoms. The predicted molar refractivity (Wildman–Crippen MR) is 80.5 cm³/mol. The lowest BCUT2D eigenvalue weighted by molar-refractivity contribution is -0.122. The number of ether oxygens (including phenoxy) is 1. The first-order valence-corrected chi connectivity index (χ1v) is 8.22. The number of carbonyl (C=O) groups excluding carboxylic acids is 1. The molecule has 1 fully saturated rings. The number of hydrogen-bond acceptors (Lipinski definition) is 5. The molecular formula is C13H27N3O2S. The van der Waals surface area contributed by atoms with Crippen molar-refractivity contribution in [3.8, 4) is 0 Å². The van der Waals surface area contributed by atoms with Gasteiger partial charge in [-0.15, -0.1) is 0 Å². The highest BCUT2D eigenvalue weighted by Crippen LogP contribution is 2.17. The maximum Gasteiger partial charge on any atom is 0.236 e. The van der Waals surface area contributed by atoms with E-state index in [-0.39, 0.29) is 17.5 Å². The predicted octanol–water partition coefficient (Wildman–Crippen LogP) is 0.294. The van der Waals surface area contributed by atoms with E-state index in [1.54, 1.807) is 11.8 Å². The zero-order valence-electron chi connectivity index (χ0n) is 12.3. The zero-order chi connectivity index (χ0) is 14.3. The summed E-state index contributed by atoms with van der Waals surface area (Å²) < 4.78 is 5.47. The minimum atomic E-state index is -0.384. The number of carbonyl (C=O) groups is 1. The zero-order valence-corrected chi connectivity index (χ0v) is 13.1. The summed E-state index contributed by atoms with van der Waals surface area (Å²) in [4.78, 5) is 14.1. The van der Waals surface area contributed by atoms with Gasteiger partial charge in [-0.3, -0.25) is 9.69 Å². The molecule has 1 heterocycles. The van der Waals surface area contributed by atoms with Gasteiger partial charge in [0.15, 0.2) is 0 Å². The highest BCUT2D eigenvalue weighted by Gasteiger charge is 2.29. The summed E-state index contributed by atoms with van der Waals surface area (Å²) in [6.45, 7) is 8.25. The molecule has 6 heteroatoms. The number of hydrogen-bond donors (Lipinski definition) is 2. The van der Waals surface area contributed by atoms with E-state index in [0.29, 0.717) is 6.54 Å². The summed E-state index contributed by atoms with van der Waals surface area (Å²) in [6, 6.07) is -0.384. The van der Waals surface area contributed by atoms with E-state index in [1.807, 2.05) is 6.26 Å². The molecule has 1 saturated heterocycles. The van der Waals surface area contributed by atoms with E-state index in [1.165, 1.54) is 0 Å². The van der Waals surface area contributed by atoms with Crippen molar-refractivity contribution >= 4 is 17.7 Å². The normalized spacial score (nSPS) is 21.1. The first-order chi connectivity index (χ1) is 8.97. The fourth-order valence-corrected chi connectivity index (χ4v) is 2.62. The van der Waals surface area contributed by atoms with Crippen LogP contribution in [0.2, 0.25) is 0 Å². The molecule has 1 atom stereocenters. The molecule has 1 aliphatic rings. The van der Waals surface area contributed by atoms with Crippen LogP contribution in [-0.2, 0) is 9.53 Å². The molecule has 19 heavy (non-hydrogen) atoms. The molecule has 5 nitrogen and oxygen atoms in total. The summed E-state index contributed by atoms with van der Waals surface area (Å²) in [5, 5.41) is 2.92. The Hall–Kier alpha value is -0.300. The van der Waals surface area contributed by atoms with Crippen LogP contribution in [0.5, 0.6) is 0 Å². The third-order valence-electron chi connectivity index (χ3n) is 3.47. The van der Waals surface area contributed by atoms with Crippen LogP contribution in [0.3, 0.4) is 0 Å². The van der Waals surface area contributed by atoms with Crippen molar-refractivity contribution in [3.05, 3.63) is 0 Å². The van der Waals surface area contributed by atoms with Crippen LogP contribution in [-0.4, -0.2) is 67.2 Å². The molecule has 112 valence electrons. The van der Waals surface area contributed by atoms with Gasteiger partial charge in [-0.1, -0.05) is 0 Å². The van der Waals surface area contributed by atoms with Gasteiger partial charge in [0.1, 0.15) is 0 Å². The van der Waals surface area contributed by atoms with E-state index < -0.39 is 0 Å². The second-order valence-corrected chi connectivity index (χ2v) is 6.52. The van der Waals surface area contributed by atoms with Crippen molar-refractivity contribution in [2.24, 2.45) is 5.73 Å². The van der Waals surface area contributed by atoms with Crippen LogP contribution >= 0.6 is 11.8 Å².